The highest BCUT2D eigenvalue weighted by Crippen LogP contribution is 2.31. The van der Waals surface area contributed by atoms with Gasteiger partial charge in [0.05, 0.1) is 31.4 Å². The van der Waals surface area contributed by atoms with Crippen LogP contribution in [0.5, 0.6) is 0 Å². The van der Waals surface area contributed by atoms with Crippen molar-refractivity contribution in [2.45, 2.75) is 12.2 Å². The molecule has 0 radical (unpaired) electrons. The van der Waals surface area contributed by atoms with Gasteiger partial charge in [-0.1, -0.05) is 0 Å². The lowest BCUT2D eigenvalue weighted by molar-refractivity contribution is -0.137. The molecule has 0 aliphatic carbocycles. The highest BCUT2D eigenvalue weighted by atomic mass is 19.4. The van der Waals surface area contributed by atoms with E-state index in [1.807, 2.05) is 4.90 Å². The first-order valence-corrected chi connectivity index (χ1v) is 5.65. The van der Waals surface area contributed by atoms with Gasteiger partial charge in [0, 0.05) is 12.2 Å². The minimum atomic E-state index is -4.32. The summed E-state index contributed by atoms with van der Waals surface area (Å²) in [6.45, 7) is 1.38. The van der Waals surface area contributed by atoms with Crippen molar-refractivity contribution >= 4 is 5.69 Å². The Kier molecular flexibility index (Phi) is 3.77. The number of aliphatic hydroxyl groups is 1. The molecule has 0 bridgehead atoms. The zero-order valence-corrected chi connectivity index (χ0v) is 9.65. The number of halogens is 3. The van der Waals surface area contributed by atoms with Crippen LogP contribution in [0, 0.1) is 0 Å². The second-order valence-electron chi connectivity index (χ2n) is 4.15. The molecule has 6 heteroatoms. The first-order valence-electron chi connectivity index (χ1n) is 5.65. The molecule has 0 amide bonds. The summed E-state index contributed by atoms with van der Waals surface area (Å²) in [5.41, 5.74) is 0.00501. The Morgan fingerprint density at radius 3 is 2.50 bits per heavy atom. The molecule has 1 atom stereocenters. The summed E-state index contributed by atoms with van der Waals surface area (Å²) in [4.78, 5) is 1.86. The number of aliphatic hydroxyl groups excluding tert-OH is 1. The molecule has 1 aromatic rings. The fourth-order valence-corrected chi connectivity index (χ4v) is 1.99. The molecular weight excluding hydrogens is 247 g/mol. The summed E-state index contributed by atoms with van der Waals surface area (Å²) in [7, 11) is 0. The molecule has 1 aliphatic heterocycles. The van der Waals surface area contributed by atoms with E-state index in [4.69, 9.17) is 4.74 Å². The highest BCUT2D eigenvalue weighted by Gasteiger charge is 2.30. The molecule has 1 aliphatic rings. The molecule has 1 heterocycles. The van der Waals surface area contributed by atoms with Crippen molar-refractivity contribution in [3.63, 3.8) is 0 Å². The van der Waals surface area contributed by atoms with E-state index < -0.39 is 11.7 Å². The van der Waals surface area contributed by atoms with Gasteiger partial charge in [-0.25, -0.2) is 0 Å². The summed E-state index contributed by atoms with van der Waals surface area (Å²) < 4.78 is 42.5. The van der Waals surface area contributed by atoms with Crippen molar-refractivity contribution < 1.29 is 23.0 Å². The topological polar surface area (TPSA) is 32.7 Å². The minimum Gasteiger partial charge on any atom is -0.394 e. The Morgan fingerprint density at radius 2 is 1.94 bits per heavy atom. The normalized spacial score (nSPS) is 21.1. The number of hydrogen-bond acceptors (Lipinski definition) is 3. The summed E-state index contributed by atoms with van der Waals surface area (Å²) in [5, 5.41) is 9.20. The van der Waals surface area contributed by atoms with Crippen LogP contribution in [0.3, 0.4) is 0 Å². The lowest BCUT2D eigenvalue weighted by atomic mass is 10.1. The predicted octanol–water partition coefficient (Wildman–Crippen LogP) is 1.90. The SMILES string of the molecule is OCC1COCCN1c1ccc(C(F)(F)F)cc1. The Balaban J connectivity index is 2.18. The second kappa shape index (κ2) is 5.16. The molecular formula is C12H14F3NO2. The second-order valence-corrected chi connectivity index (χ2v) is 4.15. The van der Waals surface area contributed by atoms with E-state index in [0.717, 1.165) is 12.1 Å². The zero-order chi connectivity index (χ0) is 13.2. The van der Waals surface area contributed by atoms with Crippen LogP contribution in [0.25, 0.3) is 0 Å². The number of anilines is 1. The van der Waals surface area contributed by atoms with Crippen LogP contribution in [-0.4, -0.2) is 37.5 Å². The highest BCUT2D eigenvalue weighted by molar-refractivity contribution is 5.49. The molecule has 1 saturated heterocycles. The van der Waals surface area contributed by atoms with Crippen LogP contribution in [0.2, 0.25) is 0 Å². The van der Waals surface area contributed by atoms with E-state index in [1.54, 1.807) is 0 Å². The van der Waals surface area contributed by atoms with Gasteiger partial charge in [-0.15, -0.1) is 0 Å². The summed E-state index contributed by atoms with van der Waals surface area (Å²) in [6, 6.07) is 4.77. The van der Waals surface area contributed by atoms with Crippen molar-refractivity contribution in [2.75, 3.05) is 31.3 Å². The van der Waals surface area contributed by atoms with Gasteiger partial charge in [0.15, 0.2) is 0 Å². The lowest BCUT2D eigenvalue weighted by Crippen LogP contribution is -2.47. The van der Waals surface area contributed by atoms with Crippen LogP contribution >= 0.6 is 0 Å². The van der Waals surface area contributed by atoms with Gasteiger partial charge in [-0.3, -0.25) is 0 Å². The fourth-order valence-electron chi connectivity index (χ4n) is 1.99. The largest absolute Gasteiger partial charge is 0.416 e. The Morgan fingerprint density at radius 1 is 1.28 bits per heavy atom. The lowest BCUT2D eigenvalue weighted by Gasteiger charge is -2.36. The van der Waals surface area contributed by atoms with Gasteiger partial charge in [0.25, 0.3) is 0 Å². The molecule has 3 nitrogen and oxygen atoms in total. The van der Waals surface area contributed by atoms with Gasteiger partial charge >= 0.3 is 6.18 Å². The number of hydrogen-bond donors (Lipinski definition) is 1. The first kappa shape index (κ1) is 13.2. The van der Waals surface area contributed by atoms with Crippen LogP contribution in [0.4, 0.5) is 18.9 Å². The predicted molar refractivity (Wildman–Crippen MR) is 60.5 cm³/mol. The monoisotopic (exact) mass is 261 g/mol. The molecule has 1 fully saturated rings. The van der Waals surface area contributed by atoms with Crippen molar-refractivity contribution in [3.8, 4) is 0 Å². The molecule has 0 spiro atoms. The zero-order valence-electron chi connectivity index (χ0n) is 9.65. The standard InChI is InChI=1S/C12H14F3NO2/c13-12(14,15)9-1-3-10(4-2-9)16-5-6-18-8-11(16)7-17/h1-4,11,17H,5-8H2. The summed E-state index contributed by atoms with van der Waals surface area (Å²) in [5.74, 6) is 0. The smallest absolute Gasteiger partial charge is 0.394 e. The van der Waals surface area contributed by atoms with Crippen molar-refractivity contribution in [1.82, 2.24) is 0 Å². The summed E-state index contributed by atoms with van der Waals surface area (Å²) >= 11 is 0. The average Bonchev–Trinajstić information content (AvgIpc) is 2.38. The van der Waals surface area contributed by atoms with Gasteiger partial charge < -0.3 is 14.7 Å². The number of rotatable bonds is 2. The minimum absolute atomic E-state index is 0.0823. The van der Waals surface area contributed by atoms with Gasteiger partial charge in [0.2, 0.25) is 0 Å². The maximum Gasteiger partial charge on any atom is 0.416 e. The van der Waals surface area contributed by atoms with Crippen LogP contribution in [0.1, 0.15) is 5.56 Å². The van der Waals surface area contributed by atoms with Crippen molar-refractivity contribution in [1.29, 1.82) is 0 Å². The van der Waals surface area contributed by atoms with Gasteiger partial charge in [0.1, 0.15) is 0 Å². The number of ether oxygens (including phenoxy) is 1. The van der Waals surface area contributed by atoms with E-state index in [1.165, 1.54) is 12.1 Å². The number of benzene rings is 1. The first-order chi connectivity index (χ1) is 8.52. The van der Waals surface area contributed by atoms with Crippen LogP contribution in [0.15, 0.2) is 24.3 Å². The van der Waals surface area contributed by atoms with Crippen molar-refractivity contribution in [2.24, 2.45) is 0 Å². The van der Waals surface area contributed by atoms with E-state index in [9.17, 15) is 18.3 Å². The molecule has 0 aromatic heterocycles. The average molecular weight is 261 g/mol. The molecule has 1 aromatic carbocycles. The third kappa shape index (κ3) is 2.76. The van der Waals surface area contributed by atoms with Crippen LogP contribution < -0.4 is 4.90 Å². The fraction of sp³-hybridized carbons (Fsp3) is 0.500. The van der Waals surface area contributed by atoms with E-state index in [2.05, 4.69) is 0 Å². The van der Waals surface area contributed by atoms with Crippen LogP contribution in [-0.2, 0) is 10.9 Å². The number of nitrogens with zero attached hydrogens (tertiary/aromatic N) is 1. The molecule has 0 saturated carbocycles. The van der Waals surface area contributed by atoms with Gasteiger partial charge in [-0.2, -0.15) is 13.2 Å². The maximum absolute atomic E-state index is 12.4. The molecule has 2 rings (SSSR count). The molecule has 100 valence electrons. The van der Waals surface area contributed by atoms with Gasteiger partial charge in [-0.05, 0) is 24.3 Å². The summed E-state index contributed by atoms with van der Waals surface area (Å²) in [6.07, 6.45) is -4.32. The molecule has 18 heavy (non-hydrogen) atoms. The Hall–Kier alpha value is -1.27. The third-order valence-electron chi connectivity index (χ3n) is 2.96. The van der Waals surface area contributed by atoms with E-state index in [-0.39, 0.29) is 12.6 Å². The quantitative estimate of drug-likeness (QED) is 0.882. The molecule has 1 N–H and O–H groups in total. The Labute approximate surface area is 103 Å². The van der Waals surface area contributed by atoms with Crippen molar-refractivity contribution in [3.05, 3.63) is 29.8 Å². The maximum atomic E-state index is 12.4. The Bertz CT molecular complexity index is 391. The molecule has 1 unspecified atom stereocenters. The van der Waals surface area contributed by atoms with E-state index in [0.29, 0.717) is 25.4 Å². The third-order valence-corrected chi connectivity index (χ3v) is 2.96. The van der Waals surface area contributed by atoms with E-state index >= 15 is 0 Å². The number of alkyl halides is 3. The number of morpholine rings is 1.